The summed E-state index contributed by atoms with van der Waals surface area (Å²) < 4.78 is 0. The highest BCUT2D eigenvalue weighted by atomic mass is 16.6. The van der Waals surface area contributed by atoms with Crippen LogP contribution >= 0.6 is 0 Å². The number of hydrogen-bond acceptors (Lipinski definition) is 4. The van der Waals surface area contributed by atoms with Gasteiger partial charge in [0.15, 0.2) is 0 Å². The highest BCUT2D eigenvalue weighted by Crippen LogP contribution is 2.16. The van der Waals surface area contributed by atoms with Crippen LogP contribution in [-0.4, -0.2) is 25.8 Å². The minimum absolute atomic E-state index is 0.0946. The minimum Gasteiger partial charge on any atom is -0.351 e. The molecule has 0 unspecified atom stereocenters. The molecule has 0 aliphatic heterocycles. The molecule has 8 heteroatoms. The van der Waals surface area contributed by atoms with Gasteiger partial charge in [-0.2, -0.15) is 0 Å². The number of amides is 1. The molecule has 8 nitrogen and oxygen atoms in total. The Bertz CT molecular complexity index is 771. The van der Waals surface area contributed by atoms with Crippen LogP contribution in [0.15, 0.2) is 36.5 Å². The zero-order valence-corrected chi connectivity index (χ0v) is 10.1. The predicted octanol–water partition coefficient (Wildman–Crippen LogP) is 2.05. The minimum atomic E-state index is -0.575. The number of rotatable bonds is 3. The van der Waals surface area contributed by atoms with E-state index in [1.165, 1.54) is 0 Å². The van der Waals surface area contributed by atoms with Gasteiger partial charge >= 0.3 is 0 Å². The summed E-state index contributed by atoms with van der Waals surface area (Å²) in [6, 6.07) is 8.49. The first-order chi connectivity index (χ1) is 9.63. The van der Waals surface area contributed by atoms with Crippen molar-refractivity contribution in [2.75, 3.05) is 5.32 Å². The number of para-hydroxylation sites is 2. The first-order valence-corrected chi connectivity index (χ1v) is 5.72. The van der Waals surface area contributed by atoms with Gasteiger partial charge in [0.2, 0.25) is 5.95 Å². The van der Waals surface area contributed by atoms with Gasteiger partial charge in [-0.3, -0.25) is 20.2 Å². The van der Waals surface area contributed by atoms with Crippen LogP contribution in [0.2, 0.25) is 0 Å². The zero-order chi connectivity index (χ0) is 14.1. The molecule has 2 heterocycles. The molecule has 0 aliphatic carbocycles. The number of aromatic nitrogens is 3. The molecular weight excluding hydrogens is 262 g/mol. The summed E-state index contributed by atoms with van der Waals surface area (Å²) >= 11 is 0. The Labute approximate surface area is 112 Å². The summed E-state index contributed by atoms with van der Waals surface area (Å²) in [4.78, 5) is 31.5. The molecule has 0 spiro atoms. The van der Waals surface area contributed by atoms with Crippen LogP contribution in [-0.2, 0) is 0 Å². The molecule has 0 radical (unpaired) electrons. The average Bonchev–Trinajstić information content (AvgIpc) is 3.04. The van der Waals surface area contributed by atoms with Gasteiger partial charge in [0, 0.05) is 6.07 Å². The van der Waals surface area contributed by atoms with Gasteiger partial charge in [0.05, 0.1) is 22.2 Å². The van der Waals surface area contributed by atoms with Gasteiger partial charge in [-0.25, -0.2) is 4.98 Å². The molecule has 1 aromatic carbocycles. The Morgan fingerprint density at radius 2 is 2.15 bits per heavy atom. The van der Waals surface area contributed by atoms with Gasteiger partial charge in [0.1, 0.15) is 5.69 Å². The van der Waals surface area contributed by atoms with Crippen molar-refractivity contribution in [1.82, 2.24) is 15.0 Å². The second-order valence-electron chi connectivity index (χ2n) is 4.09. The summed E-state index contributed by atoms with van der Waals surface area (Å²) in [5.41, 5.74) is 1.44. The summed E-state index contributed by atoms with van der Waals surface area (Å²) in [6.07, 6.45) is 1.16. The highest BCUT2D eigenvalue weighted by molar-refractivity contribution is 6.03. The number of nitrogens with zero attached hydrogens (tertiary/aromatic N) is 2. The largest absolute Gasteiger partial charge is 0.351 e. The SMILES string of the molecule is O=C(Nc1nc2ccccc2[nH]1)c1cc([N+](=O)[O-])c[nH]1. The molecule has 3 aromatic rings. The van der Waals surface area contributed by atoms with E-state index in [2.05, 4.69) is 20.3 Å². The number of carbonyl (C=O) groups excluding carboxylic acids is 1. The lowest BCUT2D eigenvalue weighted by Gasteiger charge is -1.97. The third kappa shape index (κ3) is 2.09. The lowest BCUT2D eigenvalue weighted by Crippen LogP contribution is -2.13. The zero-order valence-electron chi connectivity index (χ0n) is 10.1. The Morgan fingerprint density at radius 1 is 1.35 bits per heavy atom. The van der Waals surface area contributed by atoms with E-state index < -0.39 is 10.8 Å². The van der Waals surface area contributed by atoms with E-state index in [0.29, 0.717) is 0 Å². The number of fused-ring (bicyclic) bond motifs is 1. The molecule has 100 valence electrons. The normalized spacial score (nSPS) is 10.6. The molecule has 3 rings (SSSR count). The van der Waals surface area contributed by atoms with Crippen LogP contribution < -0.4 is 5.32 Å². The average molecular weight is 271 g/mol. The quantitative estimate of drug-likeness (QED) is 0.499. The Kier molecular flexibility index (Phi) is 2.68. The molecule has 0 fully saturated rings. The number of aromatic amines is 2. The third-order valence-corrected chi connectivity index (χ3v) is 2.74. The summed E-state index contributed by atoms with van der Waals surface area (Å²) in [7, 11) is 0. The fraction of sp³-hybridized carbons (Fsp3) is 0. The maximum atomic E-state index is 11.9. The standard InChI is InChI=1S/C12H9N5O3/c18-11(10-5-7(6-13-10)17(19)20)16-12-14-8-3-1-2-4-9(8)15-12/h1-6,13H,(H2,14,15,16,18). The predicted molar refractivity (Wildman–Crippen MR) is 71.5 cm³/mol. The second kappa shape index (κ2) is 4.50. The third-order valence-electron chi connectivity index (χ3n) is 2.74. The number of anilines is 1. The second-order valence-corrected chi connectivity index (χ2v) is 4.09. The van der Waals surface area contributed by atoms with Crippen molar-refractivity contribution in [2.24, 2.45) is 0 Å². The highest BCUT2D eigenvalue weighted by Gasteiger charge is 2.15. The first-order valence-electron chi connectivity index (χ1n) is 5.72. The van der Waals surface area contributed by atoms with Crippen LogP contribution in [0, 0.1) is 10.1 Å². The number of H-pyrrole nitrogens is 2. The van der Waals surface area contributed by atoms with Crippen molar-refractivity contribution in [2.45, 2.75) is 0 Å². The van der Waals surface area contributed by atoms with Crippen molar-refractivity contribution in [3.8, 4) is 0 Å². The van der Waals surface area contributed by atoms with Crippen molar-refractivity contribution in [3.63, 3.8) is 0 Å². The number of imidazole rings is 1. The van der Waals surface area contributed by atoms with Gasteiger partial charge in [0.25, 0.3) is 11.6 Å². The summed E-state index contributed by atoms with van der Waals surface area (Å²) in [6.45, 7) is 0. The topological polar surface area (TPSA) is 117 Å². The molecule has 0 bridgehead atoms. The molecule has 2 aromatic heterocycles. The molecule has 0 saturated heterocycles. The van der Waals surface area contributed by atoms with Crippen molar-refractivity contribution in [1.29, 1.82) is 0 Å². The molecule has 0 saturated carbocycles. The molecule has 20 heavy (non-hydrogen) atoms. The lowest BCUT2D eigenvalue weighted by atomic mass is 10.3. The smallest absolute Gasteiger partial charge is 0.287 e. The first kappa shape index (κ1) is 11.9. The number of benzene rings is 1. The van der Waals surface area contributed by atoms with Crippen LogP contribution in [0.5, 0.6) is 0 Å². The number of nitro groups is 1. The van der Waals surface area contributed by atoms with Crippen LogP contribution in [0.25, 0.3) is 11.0 Å². The molecular formula is C12H9N5O3. The number of carbonyl (C=O) groups is 1. The maximum Gasteiger partial charge on any atom is 0.287 e. The van der Waals surface area contributed by atoms with E-state index >= 15 is 0 Å². The fourth-order valence-corrected chi connectivity index (χ4v) is 1.81. The monoisotopic (exact) mass is 271 g/mol. The van der Waals surface area contributed by atoms with E-state index in [9.17, 15) is 14.9 Å². The van der Waals surface area contributed by atoms with Crippen LogP contribution in [0.4, 0.5) is 11.6 Å². The van der Waals surface area contributed by atoms with Crippen molar-refractivity contribution >= 4 is 28.6 Å². The van der Waals surface area contributed by atoms with E-state index in [-0.39, 0.29) is 17.3 Å². The Morgan fingerprint density at radius 3 is 2.85 bits per heavy atom. The molecule has 1 amide bonds. The maximum absolute atomic E-state index is 11.9. The van der Waals surface area contributed by atoms with Gasteiger partial charge in [-0.15, -0.1) is 0 Å². The van der Waals surface area contributed by atoms with Crippen molar-refractivity contribution in [3.05, 3.63) is 52.3 Å². The van der Waals surface area contributed by atoms with Crippen LogP contribution in [0.1, 0.15) is 10.5 Å². The van der Waals surface area contributed by atoms with E-state index in [1.807, 2.05) is 18.2 Å². The lowest BCUT2D eigenvalue weighted by molar-refractivity contribution is -0.384. The van der Waals surface area contributed by atoms with Crippen molar-refractivity contribution < 1.29 is 9.72 Å². The van der Waals surface area contributed by atoms with Gasteiger partial charge < -0.3 is 9.97 Å². The van der Waals surface area contributed by atoms with E-state index in [0.717, 1.165) is 23.3 Å². The summed E-state index contributed by atoms with van der Waals surface area (Å²) in [5, 5.41) is 13.1. The molecule has 3 N–H and O–H groups in total. The van der Waals surface area contributed by atoms with Gasteiger partial charge in [-0.1, -0.05) is 12.1 Å². The fourth-order valence-electron chi connectivity index (χ4n) is 1.81. The Balaban J connectivity index is 1.82. The molecule has 0 atom stereocenters. The number of nitrogens with one attached hydrogen (secondary N) is 3. The number of hydrogen-bond donors (Lipinski definition) is 3. The van der Waals surface area contributed by atoms with Gasteiger partial charge in [-0.05, 0) is 12.1 Å². The van der Waals surface area contributed by atoms with E-state index in [1.54, 1.807) is 6.07 Å². The van der Waals surface area contributed by atoms with E-state index in [4.69, 9.17) is 0 Å². The van der Waals surface area contributed by atoms with Crippen LogP contribution in [0.3, 0.4) is 0 Å². The summed E-state index contributed by atoms with van der Waals surface area (Å²) in [5.74, 6) is -0.217. The molecule has 0 aliphatic rings. The Hall–Kier alpha value is -3.16.